The average molecular weight is 297 g/mol. The predicted molar refractivity (Wildman–Crippen MR) is 89.4 cm³/mol. The minimum atomic E-state index is 0.829. The molecule has 0 saturated heterocycles. The molecule has 0 atom stereocenters. The lowest BCUT2D eigenvalue weighted by Crippen LogP contribution is -2.19. The quantitative estimate of drug-likeness (QED) is 0.611. The molecular formula is C17H29ClN2. The first-order valence-corrected chi connectivity index (χ1v) is 8.24. The summed E-state index contributed by atoms with van der Waals surface area (Å²) in [4.78, 5) is 2.38. The van der Waals surface area contributed by atoms with Crippen molar-refractivity contribution in [3.05, 3.63) is 34.9 Å². The molecule has 0 aliphatic rings. The SMILES string of the molecule is CCCNCCCCCCN(C)Cc1cccc(Cl)c1. The van der Waals surface area contributed by atoms with Crippen molar-refractivity contribution in [2.24, 2.45) is 0 Å². The van der Waals surface area contributed by atoms with Gasteiger partial charge in [-0.3, -0.25) is 0 Å². The Kier molecular flexibility index (Phi) is 9.73. The molecular weight excluding hydrogens is 268 g/mol. The first-order chi connectivity index (χ1) is 9.72. The van der Waals surface area contributed by atoms with Gasteiger partial charge in [0.1, 0.15) is 0 Å². The molecule has 2 nitrogen and oxygen atoms in total. The molecule has 0 radical (unpaired) electrons. The van der Waals surface area contributed by atoms with Crippen LogP contribution in [0.4, 0.5) is 0 Å². The Labute approximate surface area is 129 Å². The summed E-state index contributed by atoms with van der Waals surface area (Å²) in [5.74, 6) is 0. The van der Waals surface area contributed by atoms with Gasteiger partial charge in [0.05, 0.1) is 0 Å². The highest BCUT2D eigenvalue weighted by molar-refractivity contribution is 6.30. The van der Waals surface area contributed by atoms with Gasteiger partial charge >= 0.3 is 0 Å². The van der Waals surface area contributed by atoms with Crippen LogP contribution in [0.25, 0.3) is 0 Å². The lowest BCUT2D eigenvalue weighted by atomic mass is 10.1. The standard InChI is InChI=1S/C17H29ClN2/c1-3-11-19-12-6-4-5-7-13-20(2)15-16-9-8-10-17(18)14-16/h8-10,14,19H,3-7,11-13,15H2,1-2H3. The molecule has 0 unspecified atom stereocenters. The van der Waals surface area contributed by atoms with Crippen LogP contribution in [-0.4, -0.2) is 31.6 Å². The third-order valence-corrected chi connectivity index (χ3v) is 3.65. The summed E-state index contributed by atoms with van der Waals surface area (Å²) in [6, 6.07) is 8.14. The van der Waals surface area contributed by atoms with E-state index in [-0.39, 0.29) is 0 Å². The van der Waals surface area contributed by atoms with Crippen molar-refractivity contribution < 1.29 is 0 Å². The van der Waals surface area contributed by atoms with E-state index in [1.54, 1.807) is 0 Å². The van der Waals surface area contributed by atoms with Crippen LogP contribution in [0, 0.1) is 0 Å². The van der Waals surface area contributed by atoms with Crippen molar-refractivity contribution >= 4 is 11.6 Å². The maximum atomic E-state index is 6.00. The van der Waals surface area contributed by atoms with Gasteiger partial charge in [0.15, 0.2) is 0 Å². The van der Waals surface area contributed by atoms with E-state index in [1.165, 1.54) is 44.2 Å². The smallest absolute Gasteiger partial charge is 0.0409 e. The zero-order valence-corrected chi connectivity index (χ0v) is 13.8. The van der Waals surface area contributed by atoms with Gasteiger partial charge in [-0.15, -0.1) is 0 Å². The Bertz CT molecular complexity index is 355. The van der Waals surface area contributed by atoms with Crippen molar-refractivity contribution in [3.63, 3.8) is 0 Å². The second kappa shape index (κ2) is 11.1. The van der Waals surface area contributed by atoms with Gasteiger partial charge in [-0.1, -0.05) is 43.5 Å². The molecule has 0 aliphatic carbocycles. The minimum Gasteiger partial charge on any atom is -0.317 e. The largest absolute Gasteiger partial charge is 0.317 e. The summed E-state index contributed by atoms with van der Waals surface area (Å²) in [6.45, 7) is 6.69. The molecule has 1 rings (SSSR count). The fraction of sp³-hybridized carbons (Fsp3) is 0.647. The number of hydrogen-bond donors (Lipinski definition) is 1. The fourth-order valence-electron chi connectivity index (χ4n) is 2.31. The molecule has 0 fully saturated rings. The van der Waals surface area contributed by atoms with Crippen LogP contribution >= 0.6 is 11.6 Å². The Morgan fingerprint density at radius 2 is 1.90 bits per heavy atom. The normalized spacial score (nSPS) is 11.2. The predicted octanol–water partition coefficient (Wildman–Crippen LogP) is 4.33. The van der Waals surface area contributed by atoms with Crippen LogP contribution in [0.1, 0.15) is 44.6 Å². The summed E-state index contributed by atoms with van der Waals surface area (Å²) in [5.41, 5.74) is 1.30. The van der Waals surface area contributed by atoms with Crippen molar-refractivity contribution in [2.45, 2.75) is 45.6 Å². The third-order valence-electron chi connectivity index (χ3n) is 3.41. The summed E-state index contributed by atoms with van der Waals surface area (Å²) in [5, 5.41) is 4.28. The molecule has 0 heterocycles. The number of nitrogens with zero attached hydrogens (tertiary/aromatic N) is 1. The van der Waals surface area contributed by atoms with Crippen LogP contribution in [0.2, 0.25) is 5.02 Å². The lowest BCUT2D eigenvalue weighted by molar-refractivity contribution is 0.316. The molecule has 0 aliphatic heterocycles. The maximum absolute atomic E-state index is 6.00. The van der Waals surface area contributed by atoms with Crippen LogP contribution < -0.4 is 5.32 Å². The van der Waals surface area contributed by atoms with E-state index in [9.17, 15) is 0 Å². The lowest BCUT2D eigenvalue weighted by Gasteiger charge is -2.16. The van der Waals surface area contributed by atoms with Gasteiger partial charge in [0.2, 0.25) is 0 Å². The second-order valence-electron chi connectivity index (χ2n) is 5.53. The maximum Gasteiger partial charge on any atom is 0.0409 e. The summed E-state index contributed by atoms with van der Waals surface area (Å²) in [7, 11) is 2.18. The van der Waals surface area contributed by atoms with Crippen molar-refractivity contribution in [3.8, 4) is 0 Å². The molecule has 114 valence electrons. The van der Waals surface area contributed by atoms with E-state index in [1.807, 2.05) is 12.1 Å². The average Bonchev–Trinajstić information content (AvgIpc) is 2.42. The Morgan fingerprint density at radius 3 is 2.65 bits per heavy atom. The zero-order chi connectivity index (χ0) is 14.6. The summed E-state index contributed by atoms with van der Waals surface area (Å²) >= 11 is 6.00. The Morgan fingerprint density at radius 1 is 1.10 bits per heavy atom. The molecule has 1 N–H and O–H groups in total. The summed E-state index contributed by atoms with van der Waals surface area (Å²) < 4.78 is 0. The first-order valence-electron chi connectivity index (χ1n) is 7.86. The molecule has 0 saturated carbocycles. The fourth-order valence-corrected chi connectivity index (χ4v) is 2.53. The van der Waals surface area contributed by atoms with Crippen LogP contribution in [0.3, 0.4) is 0 Å². The topological polar surface area (TPSA) is 15.3 Å². The number of unbranched alkanes of at least 4 members (excludes halogenated alkanes) is 3. The highest BCUT2D eigenvalue weighted by Gasteiger charge is 2.01. The van der Waals surface area contributed by atoms with E-state index in [4.69, 9.17) is 11.6 Å². The van der Waals surface area contributed by atoms with Crippen LogP contribution in [-0.2, 0) is 6.54 Å². The Hall–Kier alpha value is -0.570. The molecule has 3 heteroatoms. The molecule has 0 amide bonds. The number of nitrogens with one attached hydrogen (secondary N) is 1. The van der Waals surface area contributed by atoms with Crippen molar-refractivity contribution in [2.75, 3.05) is 26.7 Å². The highest BCUT2D eigenvalue weighted by Crippen LogP contribution is 2.12. The van der Waals surface area contributed by atoms with Gasteiger partial charge in [-0.2, -0.15) is 0 Å². The van der Waals surface area contributed by atoms with E-state index in [0.29, 0.717) is 0 Å². The van der Waals surface area contributed by atoms with Crippen LogP contribution in [0.5, 0.6) is 0 Å². The molecule has 0 bridgehead atoms. The van der Waals surface area contributed by atoms with E-state index >= 15 is 0 Å². The summed E-state index contributed by atoms with van der Waals surface area (Å²) in [6.07, 6.45) is 6.48. The van der Waals surface area contributed by atoms with Gasteiger partial charge in [0.25, 0.3) is 0 Å². The number of benzene rings is 1. The van der Waals surface area contributed by atoms with Gasteiger partial charge in [-0.05, 0) is 63.6 Å². The number of hydrogen-bond acceptors (Lipinski definition) is 2. The van der Waals surface area contributed by atoms with Crippen molar-refractivity contribution in [1.82, 2.24) is 10.2 Å². The van der Waals surface area contributed by atoms with E-state index in [0.717, 1.165) is 24.7 Å². The van der Waals surface area contributed by atoms with E-state index in [2.05, 4.69) is 36.3 Å². The minimum absolute atomic E-state index is 0.829. The first kappa shape index (κ1) is 17.5. The molecule has 0 spiro atoms. The van der Waals surface area contributed by atoms with Crippen LogP contribution in [0.15, 0.2) is 24.3 Å². The Balaban J connectivity index is 2.01. The van der Waals surface area contributed by atoms with Gasteiger partial charge in [0, 0.05) is 11.6 Å². The zero-order valence-electron chi connectivity index (χ0n) is 13.0. The van der Waals surface area contributed by atoms with Crippen molar-refractivity contribution in [1.29, 1.82) is 0 Å². The number of rotatable bonds is 11. The molecule has 0 aromatic heterocycles. The molecule has 1 aromatic carbocycles. The molecule has 20 heavy (non-hydrogen) atoms. The monoisotopic (exact) mass is 296 g/mol. The second-order valence-corrected chi connectivity index (χ2v) is 5.97. The number of halogens is 1. The van der Waals surface area contributed by atoms with Gasteiger partial charge in [-0.25, -0.2) is 0 Å². The van der Waals surface area contributed by atoms with Gasteiger partial charge < -0.3 is 10.2 Å². The van der Waals surface area contributed by atoms with E-state index < -0.39 is 0 Å². The third kappa shape index (κ3) is 8.57. The highest BCUT2D eigenvalue weighted by atomic mass is 35.5. The molecule has 1 aromatic rings.